The van der Waals surface area contributed by atoms with E-state index in [1.54, 1.807) is 12.3 Å². The molecule has 3 nitrogen and oxygen atoms in total. The monoisotopic (exact) mass is 250 g/mol. The van der Waals surface area contributed by atoms with E-state index < -0.39 is 5.91 Å². The first-order valence-electron chi connectivity index (χ1n) is 3.85. The maximum Gasteiger partial charge on any atom is 0.256 e. The second-order valence-corrected chi connectivity index (χ2v) is 3.40. The molecule has 0 spiro atoms. The second-order valence-electron chi connectivity index (χ2n) is 2.49. The number of carbonyl (C=O) groups is 1. The molecule has 0 unspecified atom stereocenters. The summed E-state index contributed by atoms with van der Waals surface area (Å²) in [5.74, 6) is -0.421. The number of rotatable bonds is 2. The minimum absolute atomic E-state index is 0.421. The van der Waals surface area contributed by atoms with Gasteiger partial charge in [0.2, 0.25) is 0 Å². The van der Waals surface area contributed by atoms with Gasteiger partial charge in [-0.25, -0.2) is 0 Å². The highest BCUT2D eigenvalue weighted by atomic mass is 79.9. The molecule has 0 heterocycles. The fourth-order valence-corrected chi connectivity index (χ4v) is 1.11. The van der Waals surface area contributed by atoms with Crippen LogP contribution in [0, 0.1) is 11.5 Å². The maximum atomic E-state index is 10.9. The van der Waals surface area contributed by atoms with Crippen molar-refractivity contribution in [3.63, 3.8) is 0 Å². The van der Waals surface area contributed by atoms with Crippen molar-refractivity contribution in [3.05, 3.63) is 40.4 Å². The van der Waals surface area contributed by atoms with Crippen molar-refractivity contribution in [2.45, 2.75) is 0 Å². The zero-order valence-corrected chi connectivity index (χ0v) is 8.78. The summed E-state index contributed by atoms with van der Waals surface area (Å²) in [7, 11) is 0. The molecule has 0 aliphatic rings. The highest BCUT2D eigenvalue weighted by molar-refractivity contribution is 9.10. The molecule has 1 aromatic rings. The molecule has 0 aliphatic carbocycles. The predicted octanol–water partition coefficient (Wildman–Crippen LogP) is 2.06. The summed E-state index contributed by atoms with van der Waals surface area (Å²) in [5, 5.41) is 10.1. The zero-order valence-electron chi connectivity index (χ0n) is 7.20. The third-order valence-electron chi connectivity index (χ3n) is 1.48. The van der Waals surface area contributed by atoms with Crippen LogP contribution in [0.3, 0.4) is 0 Å². The van der Waals surface area contributed by atoms with Crippen LogP contribution >= 0.6 is 15.9 Å². The molecule has 0 saturated carbocycles. The van der Waals surface area contributed by atoms with Gasteiger partial charge in [0.25, 0.3) is 5.91 Å². The van der Waals surface area contributed by atoms with Gasteiger partial charge in [0, 0.05) is 10.5 Å². The lowest BCUT2D eigenvalue weighted by Crippen LogP contribution is -2.13. The molecular weight excluding hydrogens is 244 g/mol. The van der Waals surface area contributed by atoms with Crippen LogP contribution in [0.2, 0.25) is 0 Å². The molecule has 70 valence electrons. The zero-order chi connectivity index (χ0) is 10.4. The standard InChI is InChI=1S/C10H7BrN2O/c11-9-4-1-8(2-5-9)3-6-10(14)13-7-12/h1-6H,(H,13,14). The van der Waals surface area contributed by atoms with Crippen molar-refractivity contribution >= 4 is 27.9 Å². The summed E-state index contributed by atoms with van der Waals surface area (Å²) in [5.41, 5.74) is 0.904. The van der Waals surface area contributed by atoms with E-state index >= 15 is 0 Å². The summed E-state index contributed by atoms with van der Waals surface area (Å²) in [6, 6.07) is 7.48. The molecule has 1 aromatic carbocycles. The summed E-state index contributed by atoms with van der Waals surface area (Å²) >= 11 is 3.30. The first kappa shape index (κ1) is 10.5. The third kappa shape index (κ3) is 3.42. The van der Waals surface area contributed by atoms with Gasteiger partial charge in [-0.15, -0.1) is 0 Å². The number of halogens is 1. The van der Waals surface area contributed by atoms with Crippen LogP contribution in [0.25, 0.3) is 6.08 Å². The van der Waals surface area contributed by atoms with Crippen LogP contribution in [-0.2, 0) is 4.79 Å². The lowest BCUT2D eigenvalue weighted by Gasteiger charge is -1.92. The van der Waals surface area contributed by atoms with Crippen LogP contribution in [0.4, 0.5) is 0 Å². The molecular formula is C10H7BrN2O. The van der Waals surface area contributed by atoms with Crippen LogP contribution in [0.1, 0.15) is 5.56 Å². The van der Waals surface area contributed by atoms with Gasteiger partial charge in [-0.3, -0.25) is 10.1 Å². The Bertz CT molecular complexity index is 390. The number of benzene rings is 1. The van der Waals surface area contributed by atoms with E-state index in [2.05, 4.69) is 15.9 Å². The number of carbonyl (C=O) groups excluding carboxylic acids is 1. The van der Waals surface area contributed by atoms with Crippen molar-refractivity contribution in [1.29, 1.82) is 5.26 Å². The van der Waals surface area contributed by atoms with Crippen LogP contribution < -0.4 is 5.32 Å². The average Bonchev–Trinajstić information content (AvgIpc) is 2.17. The molecule has 0 atom stereocenters. The van der Waals surface area contributed by atoms with Crippen LogP contribution in [0.15, 0.2) is 34.8 Å². The molecule has 0 radical (unpaired) electrons. The van der Waals surface area contributed by atoms with E-state index in [0.717, 1.165) is 10.0 Å². The van der Waals surface area contributed by atoms with E-state index in [4.69, 9.17) is 5.26 Å². The Kier molecular flexibility index (Phi) is 3.89. The second kappa shape index (κ2) is 5.20. The Hall–Kier alpha value is -1.60. The number of nitrogens with zero attached hydrogens (tertiary/aromatic N) is 1. The van der Waals surface area contributed by atoms with Crippen molar-refractivity contribution in [2.75, 3.05) is 0 Å². The Morgan fingerprint density at radius 3 is 2.64 bits per heavy atom. The van der Waals surface area contributed by atoms with E-state index in [1.807, 2.05) is 29.6 Å². The minimum atomic E-state index is -0.421. The molecule has 0 fully saturated rings. The van der Waals surface area contributed by atoms with E-state index in [1.165, 1.54) is 6.08 Å². The van der Waals surface area contributed by atoms with Gasteiger partial charge in [-0.1, -0.05) is 28.1 Å². The first-order valence-corrected chi connectivity index (χ1v) is 4.64. The minimum Gasteiger partial charge on any atom is -0.269 e. The number of hydrogen-bond acceptors (Lipinski definition) is 2. The van der Waals surface area contributed by atoms with Gasteiger partial charge in [0.05, 0.1) is 0 Å². The van der Waals surface area contributed by atoms with Gasteiger partial charge < -0.3 is 0 Å². The normalized spacial score (nSPS) is 9.71. The van der Waals surface area contributed by atoms with E-state index in [-0.39, 0.29) is 0 Å². The van der Waals surface area contributed by atoms with Gasteiger partial charge >= 0.3 is 0 Å². The Morgan fingerprint density at radius 2 is 2.07 bits per heavy atom. The largest absolute Gasteiger partial charge is 0.269 e. The van der Waals surface area contributed by atoms with Crippen molar-refractivity contribution in [1.82, 2.24) is 5.32 Å². The summed E-state index contributed by atoms with van der Waals surface area (Å²) in [6.07, 6.45) is 4.50. The molecule has 14 heavy (non-hydrogen) atoms. The highest BCUT2D eigenvalue weighted by Crippen LogP contribution is 2.11. The van der Waals surface area contributed by atoms with Crippen molar-refractivity contribution in [2.24, 2.45) is 0 Å². The van der Waals surface area contributed by atoms with Gasteiger partial charge in [-0.2, -0.15) is 5.26 Å². The summed E-state index contributed by atoms with van der Waals surface area (Å²) < 4.78 is 0.983. The van der Waals surface area contributed by atoms with Crippen LogP contribution in [-0.4, -0.2) is 5.91 Å². The Balaban J connectivity index is 2.65. The molecule has 1 rings (SSSR count). The first-order chi connectivity index (χ1) is 6.72. The molecule has 1 N–H and O–H groups in total. The van der Waals surface area contributed by atoms with Gasteiger partial charge in [0.15, 0.2) is 6.19 Å². The van der Waals surface area contributed by atoms with Crippen molar-refractivity contribution < 1.29 is 4.79 Å². The quantitative estimate of drug-likeness (QED) is 0.497. The van der Waals surface area contributed by atoms with Gasteiger partial charge in [0.1, 0.15) is 0 Å². The topological polar surface area (TPSA) is 52.9 Å². The molecule has 1 amide bonds. The SMILES string of the molecule is N#CNC(=O)C=Cc1ccc(Br)cc1. The lowest BCUT2D eigenvalue weighted by molar-refractivity contribution is -0.115. The molecule has 4 heteroatoms. The molecule has 0 saturated heterocycles. The number of amides is 1. The van der Waals surface area contributed by atoms with Crippen molar-refractivity contribution in [3.8, 4) is 6.19 Å². The molecule has 0 aromatic heterocycles. The number of hydrogen-bond donors (Lipinski definition) is 1. The van der Waals surface area contributed by atoms with E-state index in [9.17, 15) is 4.79 Å². The van der Waals surface area contributed by atoms with E-state index in [0.29, 0.717) is 0 Å². The lowest BCUT2D eigenvalue weighted by atomic mass is 10.2. The number of nitriles is 1. The Morgan fingerprint density at radius 1 is 1.43 bits per heavy atom. The fraction of sp³-hybridized carbons (Fsp3) is 0. The van der Waals surface area contributed by atoms with Gasteiger partial charge in [-0.05, 0) is 23.8 Å². The molecule has 0 bridgehead atoms. The fourth-order valence-electron chi connectivity index (χ4n) is 0.843. The highest BCUT2D eigenvalue weighted by Gasteiger charge is 1.92. The number of nitrogens with one attached hydrogen (secondary N) is 1. The summed E-state index contributed by atoms with van der Waals surface area (Å²) in [4.78, 5) is 10.9. The maximum absolute atomic E-state index is 10.9. The van der Waals surface area contributed by atoms with Crippen LogP contribution in [0.5, 0.6) is 0 Å². The predicted molar refractivity (Wildman–Crippen MR) is 56.9 cm³/mol. The summed E-state index contributed by atoms with van der Waals surface area (Å²) in [6.45, 7) is 0. The third-order valence-corrected chi connectivity index (χ3v) is 2.00. The average molecular weight is 251 g/mol. The Labute approximate surface area is 90.2 Å². The molecule has 0 aliphatic heterocycles. The smallest absolute Gasteiger partial charge is 0.256 e.